The number of nitrogens with one attached hydrogen (secondary N) is 1. The lowest BCUT2D eigenvalue weighted by atomic mass is 9.94. The molecule has 138 valence electrons. The Bertz CT molecular complexity index is 1190. The van der Waals surface area contributed by atoms with E-state index >= 15 is 0 Å². The van der Waals surface area contributed by atoms with E-state index in [1.54, 1.807) is 0 Å². The van der Waals surface area contributed by atoms with E-state index in [0.717, 1.165) is 33.3 Å². The summed E-state index contributed by atoms with van der Waals surface area (Å²) in [4.78, 5) is 17.9. The summed E-state index contributed by atoms with van der Waals surface area (Å²) in [6.45, 7) is 3.86. The minimum absolute atomic E-state index is 0.184. The summed E-state index contributed by atoms with van der Waals surface area (Å²) in [6, 6.07) is 23.2. The van der Waals surface area contributed by atoms with E-state index in [9.17, 15) is 4.79 Å². The van der Waals surface area contributed by atoms with Crippen LogP contribution in [0.25, 0.3) is 22.0 Å². The van der Waals surface area contributed by atoms with Crippen LogP contribution in [-0.2, 0) is 0 Å². The number of benzene rings is 3. The van der Waals surface area contributed by atoms with E-state index in [2.05, 4.69) is 10.3 Å². The number of amides is 1. The van der Waals surface area contributed by atoms with Crippen molar-refractivity contribution in [2.24, 2.45) is 0 Å². The van der Waals surface area contributed by atoms with Crippen LogP contribution in [0.5, 0.6) is 0 Å². The first-order chi connectivity index (χ1) is 13.5. The zero-order valence-electron chi connectivity index (χ0n) is 15.7. The zero-order valence-corrected chi connectivity index (χ0v) is 16.4. The third-order valence-electron chi connectivity index (χ3n) is 4.69. The van der Waals surface area contributed by atoms with Crippen molar-refractivity contribution in [2.75, 3.05) is 5.32 Å². The first kappa shape index (κ1) is 18.2. The van der Waals surface area contributed by atoms with E-state index in [1.807, 2.05) is 86.6 Å². The van der Waals surface area contributed by atoms with Crippen molar-refractivity contribution >= 4 is 34.1 Å². The van der Waals surface area contributed by atoms with Crippen molar-refractivity contribution in [3.63, 3.8) is 0 Å². The summed E-state index contributed by atoms with van der Waals surface area (Å²) in [5, 5.41) is 4.49. The molecule has 0 unspecified atom stereocenters. The summed E-state index contributed by atoms with van der Waals surface area (Å²) >= 11 is 6.27. The standard InChI is InChI=1S/C24H19ClN2O/c1-15-7-6-10-19(13-15)27-24(28)22-16(2)26-21-12-11-18(25)14-20(21)23(22)17-8-4-3-5-9-17/h3-14H,1-2H3,(H,27,28). The Kier molecular flexibility index (Phi) is 4.84. The molecule has 0 radical (unpaired) electrons. The lowest BCUT2D eigenvalue weighted by Gasteiger charge is -2.16. The Balaban J connectivity index is 1.94. The summed E-state index contributed by atoms with van der Waals surface area (Å²) in [5.74, 6) is -0.184. The van der Waals surface area contributed by atoms with E-state index in [1.165, 1.54) is 0 Å². The van der Waals surface area contributed by atoms with E-state index in [0.29, 0.717) is 16.3 Å². The highest BCUT2D eigenvalue weighted by molar-refractivity contribution is 6.31. The van der Waals surface area contributed by atoms with Crippen molar-refractivity contribution in [2.45, 2.75) is 13.8 Å². The van der Waals surface area contributed by atoms with Crippen LogP contribution in [0.3, 0.4) is 0 Å². The third-order valence-corrected chi connectivity index (χ3v) is 4.93. The number of fused-ring (bicyclic) bond motifs is 1. The first-order valence-corrected chi connectivity index (χ1v) is 9.44. The number of aryl methyl sites for hydroxylation is 2. The SMILES string of the molecule is Cc1cccc(NC(=O)c2c(C)nc3ccc(Cl)cc3c2-c2ccccc2)c1. The maximum absolute atomic E-state index is 13.3. The second kappa shape index (κ2) is 7.45. The zero-order chi connectivity index (χ0) is 19.7. The van der Waals surface area contributed by atoms with Crippen LogP contribution in [0.4, 0.5) is 5.69 Å². The highest BCUT2D eigenvalue weighted by Crippen LogP contribution is 2.34. The largest absolute Gasteiger partial charge is 0.322 e. The fourth-order valence-electron chi connectivity index (χ4n) is 3.46. The van der Waals surface area contributed by atoms with Gasteiger partial charge >= 0.3 is 0 Å². The van der Waals surface area contributed by atoms with Crippen LogP contribution in [0.15, 0.2) is 72.8 Å². The Morgan fingerprint density at radius 3 is 2.46 bits per heavy atom. The van der Waals surface area contributed by atoms with Crippen LogP contribution >= 0.6 is 11.6 Å². The molecule has 0 spiro atoms. The summed E-state index contributed by atoms with van der Waals surface area (Å²) < 4.78 is 0. The Morgan fingerprint density at radius 1 is 0.929 bits per heavy atom. The van der Waals surface area contributed by atoms with Gasteiger partial charge in [-0.3, -0.25) is 9.78 Å². The summed E-state index contributed by atoms with van der Waals surface area (Å²) in [6.07, 6.45) is 0. The van der Waals surface area contributed by atoms with E-state index in [-0.39, 0.29) is 5.91 Å². The predicted molar refractivity (Wildman–Crippen MR) is 116 cm³/mol. The minimum atomic E-state index is -0.184. The molecule has 4 heteroatoms. The van der Waals surface area contributed by atoms with Gasteiger partial charge in [-0.25, -0.2) is 0 Å². The van der Waals surface area contributed by atoms with Crippen molar-refractivity contribution in [1.29, 1.82) is 0 Å². The summed E-state index contributed by atoms with van der Waals surface area (Å²) in [5.41, 5.74) is 5.69. The normalized spacial score (nSPS) is 10.8. The van der Waals surface area contributed by atoms with Crippen molar-refractivity contribution in [3.05, 3.63) is 94.6 Å². The minimum Gasteiger partial charge on any atom is -0.322 e. The molecule has 28 heavy (non-hydrogen) atoms. The molecule has 1 heterocycles. The van der Waals surface area contributed by atoms with Gasteiger partial charge in [-0.15, -0.1) is 0 Å². The van der Waals surface area contributed by atoms with Crippen molar-refractivity contribution in [1.82, 2.24) is 4.98 Å². The molecule has 0 bridgehead atoms. The van der Waals surface area contributed by atoms with E-state index < -0.39 is 0 Å². The average molecular weight is 387 g/mol. The molecule has 0 saturated heterocycles. The van der Waals surface area contributed by atoms with Crippen molar-refractivity contribution in [3.8, 4) is 11.1 Å². The second-order valence-electron chi connectivity index (χ2n) is 6.80. The van der Waals surface area contributed by atoms with Crippen LogP contribution in [0, 0.1) is 13.8 Å². The molecule has 0 aliphatic rings. The quantitative estimate of drug-likeness (QED) is 0.441. The molecular formula is C24H19ClN2O. The smallest absolute Gasteiger partial charge is 0.258 e. The van der Waals surface area contributed by atoms with Gasteiger partial charge in [-0.1, -0.05) is 54.1 Å². The molecular weight excluding hydrogens is 368 g/mol. The average Bonchev–Trinajstić information content (AvgIpc) is 2.68. The maximum atomic E-state index is 13.3. The fourth-order valence-corrected chi connectivity index (χ4v) is 3.63. The molecule has 1 aromatic heterocycles. The van der Waals surface area contributed by atoms with Gasteiger partial charge in [0.1, 0.15) is 0 Å². The highest BCUT2D eigenvalue weighted by atomic mass is 35.5. The van der Waals surface area contributed by atoms with Gasteiger partial charge in [0.25, 0.3) is 5.91 Å². The topological polar surface area (TPSA) is 42.0 Å². The lowest BCUT2D eigenvalue weighted by Crippen LogP contribution is -2.16. The Morgan fingerprint density at radius 2 is 1.71 bits per heavy atom. The maximum Gasteiger partial charge on any atom is 0.258 e. The van der Waals surface area contributed by atoms with E-state index in [4.69, 9.17) is 11.6 Å². The number of aromatic nitrogens is 1. The predicted octanol–water partition coefficient (Wildman–Crippen LogP) is 6.42. The molecule has 1 amide bonds. The molecule has 3 aromatic carbocycles. The molecule has 0 atom stereocenters. The number of rotatable bonds is 3. The number of pyridine rings is 1. The van der Waals surface area contributed by atoms with Crippen LogP contribution in [0.2, 0.25) is 5.02 Å². The molecule has 0 saturated carbocycles. The highest BCUT2D eigenvalue weighted by Gasteiger charge is 2.20. The molecule has 0 fully saturated rings. The van der Waals surface area contributed by atoms with Gasteiger partial charge < -0.3 is 5.32 Å². The third kappa shape index (κ3) is 3.49. The molecule has 4 rings (SSSR count). The van der Waals surface area contributed by atoms with Gasteiger partial charge in [0.05, 0.1) is 16.8 Å². The van der Waals surface area contributed by atoms with Gasteiger partial charge in [0, 0.05) is 21.7 Å². The first-order valence-electron chi connectivity index (χ1n) is 9.06. The molecule has 0 aliphatic heterocycles. The molecule has 1 N–H and O–H groups in total. The fraction of sp³-hybridized carbons (Fsp3) is 0.0833. The van der Waals surface area contributed by atoms with Crippen LogP contribution in [0.1, 0.15) is 21.6 Å². The van der Waals surface area contributed by atoms with Gasteiger partial charge in [0.2, 0.25) is 0 Å². The molecule has 0 aliphatic carbocycles. The molecule has 3 nitrogen and oxygen atoms in total. The number of carbonyl (C=O) groups excluding carboxylic acids is 1. The van der Waals surface area contributed by atoms with Gasteiger partial charge in [-0.05, 0) is 55.3 Å². The van der Waals surface area contributed by atoms with Crippen molar-refractivity contribution < 1.29 is 4.79 Å². The molecule has 4 aromatic rings. The van der Waals surface area contributed by atoms with Crippen LogP contribution in [-0.4, -0.2) is 10.9 Å². The Labute approximate surface area is 169 Å². The number of anilines is 1. The monoisotopic (exact) mass is 386 g/mol. The second-order valence-corrected chi connectivity index (χ2v) is 7.23. The number of carbonyl (C=O) groups is 1. The summed E-state index contributed by atoms with van der Waals surface area (Å²) in [7, 11) is 0. The number of hydrogen-bond acceptors (Lipinski definition) is 2. The number of nitrogens with zero attached hydrogens (tertiary/aromatic N) is 1. The Hall–Kier alpha value is -3.17. The number of halogens is 1. The van der Waals surface area contributed by atoms with Crippen LogP contribution < -0.4 is 5.32 Å². The number of hydrogen-bond donors (Lipinski definition) is 1. The van der Waals surface area contributed by atoms with Gasteiger partial charge in [-0.2, -0.15) is 0 Å². The van der Waals surface area contributed by atoms with Gasteiger partial charge in [0.15, 0.2) is 0 Å². The lowest BCUT2D eigenvalue weighted by molar-refractivity contribution is 0.102.